The summed E-state index contributed by atoms with van der Waals surface area (Å²) in [4.78, 5) is 19.8. The molecule has 2 aromatic heterocycles. The Morgan fingerprint density at radius 3 is 2.84 bits per heavy atom. The lowest BCUT2D eigenvalue weighted by molar-refractivity contribution is 0.0525. The van der Waals surface area contributed by atoms with Gasteiger partial charge in [-0.15, -0.1) is 11.3 Å². The zero-order valence-electron chi connectivity index (χ0n) is 14.2. The fraction of sp³-hybridized carbons (Fsp3) is 0.211. The van der Waals surface area contributed by atoms with Crippen LogP contribution in [0.4, 0.5) is 0 Å². The first-order valence-corrected chi connectivity index (χ1v) is 8.70. The van der Waals surface area contributed by atoms with Crippen molar-refractivity contribution in [1.29, 1.82) is 5.26 Å². The molecule has 0 aliphatic heterocycles. The van der Waals surface area contributed by atoms with E-state index in [1.807, 2.05) is 38.1 Å². The van der Waals surface area contributed by atoms with Crippen LogP contribution >= 0.6 is 11.3 Å². The first-order chi connectivity index (χ1) is 12.0. The number of para-hydroxylation sites is 1. The number of esters is 1. The quantitative estimate of drug-likeness (QED) is 0.555. The normalized spacial score (nSPS) is 11.5. The Bertz CT molecular complexity index is 988. The van der Waals surface area contributed by atoms with E-state index in [4.69, 9.17) is 4.74 Å². The van der Waals surface area contributed by atoms with E-state index in [1.54, 1.807) is 13.0 Å². The first kappa shape index (κ1) is 16.9. The fourth-order valence-electron chi connectivity index (χ4n) is 2.70. The highest BCUT2D eigenvalue weighted by molar-refractivity contribution is 7.19. The highest BCUT2D eigenvalue weighted by Crippen LogP contribution is 2.29. The lowest BCUT2D eigenvalue weighted by Crippen LogP contribution is -2.06. The Balaban J connectivity index is 2.05. The molecule has 0 aliphatic rings. The summed E-state index contributed by atoms with van der Waals surface area (Å²) in [5.41, 5.74) is 4.07. The molecule has 3 rings (SSSR count). The second-order valence-electron chi connectivity index (χ2n) is 5.54. The van der Waals surface area contributed by atoms with E-state index < -0.39 is 0 Å². The Hall–Kier alpha value is -2.91. The number of fused-ring (bicyclic) bond motifs is 1. The molecule has 0 radical (unpaired) electrons. The largest absolute Gasteiger partial charge is 0.462 e. The lowest BCUT2D eigenvalue weighted by Gasteiger charge is -2.02. The van der Waals surface area contributed by atoms with Gasteiger partial charge < -0.3 is 9.72 Å². The number of nitrogens with zero attached hydrogens (tertiary/aromatic N) is 2. The van der Waals surface area contributed by atoms with Gasteiger partial charge in [-0.25, -0.2) is 9.78 Å². The van der Waals surface area contributed by atoms with E-state index in [2.05, 4.69) is 16.0 Å². The number of aromatic amines is 1. The SMILES string of the molecule is CCOC(=O)c1c(C)[nH]c(/C=C(\C#N)c2nc3ccccc3s2)c1C. The molecule has 1 aromatic carbocycles. The minimum atomic E-state index is -0.355. The summed E-state index contributed by atoms with van der Waals surface area (Å²) >= 11 is 1.47. The molecular formula is C19H17N3O2S. The Labute approximate surface area is 149 Å². The number of hydrogen-bond acceptors (Lipinski definition) is 5. The molecule has 3 aromatic rings. The van der Waals surface area contributed by atoms with E-state index in [-0.39, 0.29) is 5.97 Å². The molecule has 0 bridgehead atoms. The van der Waals surface area contributed by atoms with Crippen molar-refractivity contribution in [1.82, 2.24) is 9.97 Å². The number of allylic oxidation sites excluding steroid dienone is 1. The molecule has 0 aliphatic carbocycles. The number of nitriles is 1. The summed E-state index contributed by atoms with van der Waals surface area (Å²) in [7, 11) is 0. The number of ether oxygens (including phenoxy) is 1. The highest BCUT2D eigenvalue weighted by atomic mass is 32.1. The van der Waals surface area contributed by atoms with Gasteiger partial charge in [-0.05, 0) is 44.5 Å². The molecule has 0 unspecified atom stereocenters. The van der Waals surface area contributed by atoms with Crippen molar-refractivity contribution in [2.75, 3.05) is 6.61 Å². The predicted octanol–water partition coefficient (Wildman–Crippen LogP) is 4.48. The van der Waals surface area contributed by atoms with Crippen LogP contribution in [0.5, 0.6) is 0 Å². The minimum Gasteiger partial charge on any atom is -0.462 e. The smallest absolute Gasteiger partial charge is 0.340 e. The number of hydrogen-bond donors (Lipinski definition) is 1. The zero-order chi connectivity index (χ0) is 18.0. The Morgan fingerprint density at radius 2 is 2.16 bits per heavy atom. The highest BCUT2D eigenvalue weighted by Gasteiger charge is 2.19. The molecule has 0 saturated carbocycles. The van der Waals surface area contributed by atoms with E-state index in [9.17, 15) is 10.1 Å². The molecule has 1 N–H and O–H groups in total. The molecule has 0 atom stereocenters. The van der Waals surface area contributed by atoms with Gasteiger partial charge in [-0.3, -0.25) is 0 Å². The minimum absolute atomic E-state index is 0.323. The van der Waals surface area contributed by atoms with Crippen molar-refractivity contribution in [2.24, 2.45) is 0 Å². The first-order valence-electron chi connectivity index (χ1n) is 7.89. The van der Waals surface area contributed by atoms with Crippen LogP contribution in [-0.2, 0) is 4.74 Å². The van der Waals surface area contributed by atoms with Crippen LogP contribution in [0, 0.1) is 25.2 Å². The van der Waals surface area contributed by atoms with Gasteiger partial charge in [0, 0.05) is 11.4 Å². The van der Waals surface area contributed by atoms with Gasteiger partial charge in [0.1, 0.15) is 11.1 Å². The lowest BCUT2D eigenvalue weighted by atomic mass is 10.1. The van der Waals surface area contributed by atoms with Crippen molar-refractivity contribution in [3.63, 3.8) is 0 Å². The maximum atomic E-state index is 12.1. The Morgan fingerprint density at radius 1 is 1.40 bits per heavy atom. The standard InChI is InChI=1S/C19H17N3O2S/c1-4-24-19(23)17-11(2)15(21-12(17)3)9-13(10-20)18-22-14-7-5-6-8-16(14)25-18/h5-9,21H,4H2,1-3H3/b13-9+. The third-order valence-electron chi connectivity index (χ3n) is 3.89. The molecule has 0 spiro atoms. The number of thiazole rings is 1. The van der Waals surface area contributed by atoms with Crippen LogP contribution in [0.3, 0.4) is 0 Å². The zero-order valence-corrected chi connectivity index (χ0v) is 15.0. The van der Waals surface area contributed by atoms with Crippen LogP contribution in [0.25, 0.3) is 21.9 Å². The molecule has 126 valence electrons. The third kappa shape index (κ3) is 3.19. The van der Waals surface area contributed by atoms with Gasteiger partial charge >= 0.3 is 5.97 Å². The van der Waals surface area contributed by atoms with Crippen LogP contribution in [0.2, 0.25) is 0 Å². The molecular weight excluding hydrogens is 334 g/mol. The number of nitrogens with one attached hydrogen (secondary N) is 1. The van der Waals surface area contributed by atoms with E-state index in [1.165, 1.54) is 11.3 Å². The van der Waals surface area contributed by atoms with Gasteiger partial charge in [0.05, 0.1) is 28.0 Å². The number of carbonyl (C=O) groups is 1. The summed E-state index contributed by atoms with van der Waals surface area (Å²) in [6, 6.07) is 9.99. The third-order valence-corrected chi connectivity index (χ3v) is 4.96. The predicted molar refractivity (Wildman–Crippen MR) is 99.3 cm³/mol. The molecule has 5 nitrogen and oxygen atoms in total. The monoisotopic (exact) mass is 351 g/mol. The molecule has 0 saturated heterocycles. The average Bonchev–Trinajstić information content (AvgIpc) is 3.13. The number of H-pyrrole nitrogens is 1. The average molecular weight is 351 g/mol. The maximum absolute atomic E-state index is 12.1. The van der Waals surface area contributed by atoms with Crippen LogP contribution in [-0.4, -0.2) is 22.5 Å². The van der Waals surface area contributed by atoms with Crippen molar-refractivity contribution in [3.8, 4) is 6.07 Å². The molecule has 25 heavy (non-hydrogen) atoms. The Kier molecular flexibility index (Phi) is 4.68. The van der Waals surface area contributed by atoms with Gasteiger partial charge in [0.25, 0.3) is 0 Å². The second kappa shape index (κ2) is 6.91. The number of rotatable bonds is 4. The van der Waals surface area contributed by atoms with Gasteiger partial charge in [0.15, 0.2) is 0 Å². The van der Waals surface area contributed by atoms with E-state index in [0.29, 0.717) is 22.8 Å². The molecule has 0 fully saturated rings. The van der Waals surface area contributed by atoms with Crippen LogP contribution < -0.4 is 0 Å². The van der Waals surface area contributed by atoms with E-state index in [0.717, 1.165) is 27.2 Å². The number of benzene rings is 1. The number of aryl methyl sites for hydroxylation is 1. The van der Waals surface area contributed by atoms with Crippen LogP contribution in [0.1, 0.15) is 39.2 Å². The molecule has 2 heterocycles. The maximum Gasteiger partial charge on any atom is 0.340 e. The van der Waals surface area contributed by atoms with Gasteiger partial charge in [-0.1, -0.05) is 12.1 Å². The summed E-state index contributed by atoms with van der Waals surface area (Å²) in [5.74, 6) is -0.355. The second-order valence-corrected chi connectivity index (χ2v) is 6.57. The van der Waals surface area contributed by atoms with Crippen molar-refractivity contribution in [2.45, 2.75) is 20.8 Å². The molecule has 0 amide bonds. The summed E-state index contributed by atoms with van der Waals surface area (Å²) in [6.45, 7) is 5.76. The van der Waals surface area contributed by atoms with Crippen molar-refractivity contribution >= 4 is 39.2 Å². The summed E-state index contributed by atoms with van der Waals surface area (Å²) in [6.07, 6.45) is 1.74. The topological polar surface area (TPSA) is 78.8 Å². The van der Waals surface area contributed by atoms with Crippen molar-refractivity contribution < 1.29 is 9.53 Å². The molecule has 6 heteroatoms. The number of carbonyl (C=O) groups excluding carboxylic acids is 1. The van der Waals surface area contributed by atoms with Crippen LogP contribution in [0.15, 0.2) is 24.3 Å². The summed E-state index contributed by atoms with van der Waals surface area (Å²) < 4.78 is 6.14. The van der Waals surface area contributed by atoms with E-state index >= 15 is 0 Å². The van der Waals surface area contributed by atoms with Gasteiger partial charge in [0.2, 0.25) is 0 Å². The fourth-order valence-corrected chi connectivity index (χ4v) is 3.63. The van der Waals surface area contributed by atoms with Gasteiger partial charge in [-0.2, -0.15) is 5.26 Å². The number of aromatic nitrogens is 2. The summed E-state index contributed by atoms with van der Waals surface area (Å²) in [5, 5.41) is 10.2. The van der Waals surface area contributed by atoms with Crippen molar-refractivity contribution in [3.05, 3.63) is 51.8 Å².